The smallest absolute Gasteiger partial charge is 0.407 e. The molecule has 3 rings (SSSR count). The summed E-state index contributed by atoms with van der Waals surface area (Å²) in [4.78, 5) is 25.2. The Morgan fingerprint density at radius 3 is 2.56 bits per heavy atom. The second kappa shape index (κ2) is 7.91. The highest BCUT2D eigenvalue weighted by Crippen LogP contribution is 2.34. The molecule has 0 aromatic heterocycles. The topological polar surface area (TPSA) is 67.4 Å². The van der Waals surface area contributed by atoms with E-state index in [1.54, 1.807) is 0 Å². The van der Waals surface area contributed by atoms with Crippen LogP contribution in [0.25, 0.3) is 0 Å². The Balaban J connectivity index is 1.66. The Labute approximate surface area is 162 Å². The average Bonchev–Trinajstić information content (AvgIpc) is 3.07. The molecular weight excluding hydrogens is 340 g/mol. The van der Waals surface area contributed by atoms with Crippen LogP contribution >= 0.6 is 0 Å². The maximum Gasteiger partial charge on any atom is 0.407 e. The van der Waals surface area contributed by atoms with E-state index < -0.39 is 11.7 Å². The summed E-state index contributed by atoms with van der Waals surface area (Å²) < 4.78 is 5.35. The van der Waals surface area contributed by atoms with Crippen LogP contribution in [0.4, 0.5) is 4.79 Å². The van der Waals surface area contributed by atoms with E-state index in [-0.39, 0.29) is 17.4 Å². The molecule has 5 heteroatoms. The second-order valence-electron chi connectivity index (χ2n) is 8.98. The summed E-state index contributed by atoms with van der Waals surface area (Å²) in [6.07, 6.45) is 6.47. The normalized spacial score (nSPS) is 21.2. The number of fused-ring (bicyclic) bond motifs is 1. The Kier molecular flexibility index (Phi) is 5.78. The number of carbonyl (C=O) groups is 2. The number of alkyl carbamates (subject to hydrolysis) is 1. The van der Waals surface area contributed by atoms with Crippen LogP contribution in [0.5, 0.6) is 0 Å². The van der Waals surface area contributed by atoms with Gasteiger partial charge in [0, 0.05) is 6.54 Å². The molecule has 1 atom stereocenters. The molecule has 1 aromatic rings. The first kappa shape index (κ1) is 19.7. The average molecular weight is 373 g/mol. The SMILES string of the molecule is CC(C)(C)OC(=O)NCC1(NC(=O)C2CCCc3ccccc32)CCCC1. The molecule has 1 unspecified atom stereocenters. The molecule has 2 aliphatic carbocycles. The van der Waals surface area contributed by atoms with Gasteiger partial charge < -0.3 is 15.4 Å². The molecule has 0 aliphatic heterocycles. The lowest BCUT2D eigenvalue weighted by molar-refractivity contribution is -0.124. The van der Waals surface area contributed by atoms with Crippen molar-refractivity contribution in [2.75, 3.05) is 6.54 Å². The lowest BCUT2D eigenvalue weighted by Gasteiger charge is -2.34. The van der Waals surface area contributed by atoms with Crippen molar-refractivity contribution in [3.63, 3.8) is 0 Å². The molecule has 2 N–H and O–H groups in total. The fourth-order valence-corrected chi connectivity index (χ4v) is 4.33. The van der Waals surface area contributed by atoms with Crippen LogP contribution in [0, 0.1) is 0 Å². The number of ether oxygens (including phenoxy) is 1. The van der Waals surface area contributed by atoms with Crippen LogP contribution in [-0.2, 0) is 16.0 Å². The largest absolute Gasteiger partial charge is 0.444 e. The molecule has 2 aliphatic rings. The van der Waals surface area contributed by atoms with Gasteiger partial charge in [0.15, 0.2) is 0 Å². The molecule has 0 heterocycles. The van der Waals surface area contributed by atoms with E-state index in [4.69, 9.17) is 4.74 Å². The standard InChI is InChI=1S/C22H32N2O3/c1-21(2,3)27-20(26)23-15-22(13-6-7-14-22)24-19(25)18-12-8-10-16-9-4-5-11-17(16)18/h4-5,9,11,18H,6-8,10,12-15H2,1-3H3,(H,23,26)(H,24,25). The first-order valence-electron chi connectivity index (χ1n) is 10.1. The molecule has 2 amide bonds. The summed E-state index contributed by atoms with van der Waals surface area (Å²) in [7, 11) is 0. The Morgan fingerprint density at radius 1 is 1.15 bits per heavy atom. The maximum absolute atomic E-state index is 13.1. The van der Waals surface area contributed by atoms with Gasteiger partial charge in [0.25, 0.3) is 0 Å². The van der Waals surface area contributed by atoms with Crippen LogP contribution in [0.1, 0.15) is 76.3 Å². The molecule has 27 heavy (non-hydrogen) atoms. The van der Waals surface area contributed by atoms with E-state index in [9.17, 15) is 9.59 Å². The molecular formula is C22H32N2O3. The predicted octanol–water partition coefficient (Wildman–Crippen LogP) is 4.06. The van der Waals surface area contributed by atoms with Crippen LogP contribution in [0.3, 0.4) is 0 Å². The maximum atomic E-state index is 13.1. The molecule has 1 fully saturated rings. The van der Waals surface area contributed by atoms with Gasteiger partial charge in [-0.05, 0) is 64.0 Å². The van der Waals surface area contributed by atoms with Gasteiger partial charge in [0.2, 0.25) is 5.91 Å². The van der Waals surface area contributed by atoms with Crippen LogP contribution in [0.15, 0.2) is 24.3 Å². The number of carbonyl (C=O) groups excluding carboxylic acids is 2. The summed E-state index contributed by atoms with van der Waals surface area (Å²) in [5, 5.41) is 6.19. The zero-order valence-corrected chi connectivity index (χ0v) is 16.8. The van der Waals surface area contributed by atoms with E-state index in [2.05, 4.69) is 22.8 Å². The molecule has 148 valence electrons. The fraction of sp³-hybridized carbons (Fsp3) is 0.636. The van der Waals surface area contributed by atoms with Gasteiger partial charge in [-0.15, -0.1) is 0 Å². The summed E-state index contributed by atoms with van der Waals surface area (Å²) in [5.74, 6) is 0.00369. The second-order valence-corrected chi connectivity index (χ2v) is 8.98. The highest BCUT2D eigenvalue weighted by molar-refractivity contribution is 5.85. The summed E-state index contributed by atoms with van der Waals surface area (Å²) in [5.41, 5.74) is 1.56. The number of nitrogens with one attached hydrogen (secondary N) is 2. The highest BCUT2D eigenvalue weighted by atomic mass is 16.6. The van der Waals surface area contributed by atoms with Crippen molar-refractivity contribution in [2.45, 2.75) is 82.8 Å². The van der Waals surface area contributed by atoms with Gasteiger partial charge in [-0.3, -0.25) is 4.79 Å². The van der Waals surface area contributed by atoms with Gasteiger partial charge in [0.05, 0.1) is 11.5 Å². The van der Waals surface area contributed by atoms with Crippen molar-refractivity contribution in [1.29, 1.82) is 0 Å². The van der Waals surface area contributed by atoms with Crippen LogP contribution in [-0.4, -0.2) is 29.7 Å². The van der Waals surface area contributed by atoms with E-state index >= 15 is 0 Å². The molecule has 0 saturated heterocycles. The zero-order valence-electron chi connectivity index (χ0n) is 16.8. The number of rotatable bonds is 4. The van der Waals surface area contributed by atoms with Crippen LogP contribution in [0.2, 0.25) is 0 Å². The number of hydrogen-bond acceptors (Lipinski definition) is 3. The molecule has 1 aromatic carbocycles. The first-order valence-corrected chi connectivity index (χ1v) is 10.1. The number of benzene rings is 1. The van der Waals surface area contributed by atoms with Crippen molar-refractivity contribution in [3.8, 4) is 0 Å². The number of amides is 2. The third-order valence-electron chi connectivity index (χ3n) is 5.60. The molecule has 0 spiro atoms. The first-order chi connectivity index (χ1) is 12.8. The molecule has 1 saturated carbocycles. The van der Waals surface area contributed by atoms with Crippen LogP contribution < -0.4 is 10.6 Å². The van der Waals surface area contributed by atoms with E-state index in [1.807, 2.05) is 32.9 Å². The summed E-state index contributed by atoms with van der Waals surface area (Å²) in [6, 6.07) is 8.27. The van der Waals surface area contributed by atoms with Crippen molar-refractivity contribution in [2.24, 2.45) is 0 Å². The summed E-state index contributed by atoms with van der Waals surface area (Å²) in [6.45, 7) is 5.96. The van der Waals surface area contributed by atoms with E-state index in [0.717, 1.165) is 50.5 Å². The number of aryl methyl sites for hydroxylation is 1. The predicted molar refractivity (Wildman–Crippen MR) is 106 cm³/mol. The Hall–Kier alpha value is -2.04. The van der Waals surface area contributed by atoms with Gasteiger partial charge in [-0.25, -0.2) is 4.79 Å². The van der Waals surface area contributed by atoms with E-state index in [0.29, 0.717) is 6.54 Å². The fourth-order valence-electron chi connectivity index (χ4n) is 4.33. The minimum atomic E-state index is -0.526. The highest BCUT2D eigenvalue weighted by Gasteiger charge is 2.38. The van der Waals surface area contributed by atoms with Gasteiger partial charge >= 0.3 is 6.09 Å². The zero-order chi connectivity index (χ0) is 19.5. The number of hydrogen-bond donors (Lipinski definition) is 2. The molecule has 0 bridgehead atoms. The van der Waals surface area contributed by atoms with Gasteiger partial charge in [-0.2, -0.15) is 0 Å². The Morgan fingerprint density at radius 2 is 1.85 bits per heavy atom. The lowest BCUT2D eigenvalue weighted by Crippen LogP contribution is -2.55. The van der Waals surface area contributed by atoms with Crippen molar-refractivity contribution < 1.29 is 14.3 Å². The lowest BCUT2D eigenvalue weighted by atomic mass is 9.81. The van der Waals surface area contributed by atoms with Gasteiger partial charge in [-0.1, -0.05) is 37.1 Å². The summed E-state index contributed by atoms with van der Waals surface area (Å²) >= 11 is 0. The van der Waals surface area contributed by atoms with Gasteiger partial charge in [0.1, 0.15) is 5.60 Å². The third-order valence-corrected chi connectivity index (χ3v) is 5.60. The quantitative estimate of drug-likeness (QED) is 0.837. The minimum absolute atomic E-state index is 0.0889. The molecule has 5 nitrogen and oxygen atoms in total. The van der Waals surface area contributed by atoms with E-state index in [1.165, 1.54) is 5.56 Å². The third kappa shape index (κ3) is 5.02. The molecule has 0 radical (unpaired) electrons. The van der Waals surface area contributed by atoms with Crippen molar-refractivity contribution in [3.05, 3.63) is 35.4 Å². The van der Waals surface area contributed by atoms with Crippen molar-refractivity contribution >= 4 is 12.0 Å². The van der Waals surface area contributed by atoms with Crippen molar-refractivity contribution in [1.82, 2.24) is 10.6 Å². The monoisotopic (exact) mass is 372 g/mol. The Bertz CT molecular complexity index is 687. The minimum Gasteiger partial charge on any atom is -0.444 e.